The number of carboxylic acids is 1. The molecule has 6 heteroatoms. The minimum Gasteiger partial charge on any atom is -0.481 e. The van der Waals surface area contributed by atoms with E-state index in [1.807, 2.05) is 19.9 Å². The molecule has 0 saturated heterocycles. The predicted octanol–water partition coefficient (Wildman–Crippen LogP) is 3.11. The first-order valence-electron chi connectivity index (χ1n) is 8.02. The maximum absolute atomic E-state index is 10.6. The van der Waals surface area contributed by atoms with E-state index in [0.717, 1.165) is 43.8 Å². The van der Waals surface area contributed by atoms with Gasteiger partial charge in [0.15, 0.2) is 11.5 Å². The van der Waals surface area contributed by atoms with Gasteiger partial charge in [0.25, 0.3) is 0 Å². The molecule has 1 N–H and O–H groups in total. The molecule has 2 aliphatic rings. The normalized spacial score (nSPS) is 19.3. The summed E-state index contributed by atoms with van der Waals surface area (Å²) in [6.07, 6.45) is 2.63. The third-order valence-corrected chi connectivity index (χ3v) is 4.72. The van der Waals surface area contributed by atoms with Crippen LogP contribution < -0.4 is 9.47 Å². The summed E-state index contributed by atoms with van der Waals surface area (Å²) in [6.45, 7) is 6.34. The lowest BCUT2D eigenvalue weighted by molar-refractivity contribution is -0.137. The number of ether oxygens (including phenoxy) is 2. The third kappa shape index (κ3) is 3.56. The van der Waals surface area contributed by atoms with Gasteiger partial charge in [0.1, 0.15) is 0 Å². The minimum absolute atomic E-state index is 0.218. The highest BCUT2D eigenvalue weighted by Crippen LogP contribution is 2.47. The number of fused-ring (bicyclic) bond motifs is 2. The number of hydrogen-bond acceptors (Lipinski definition) is 4. The SMILES string of the molecule is CC1(C)Oc2cc3c(c(Cl)c2O1)CCN(CCCC(=O)O)CC3. The maximum atomic E-state index is 10.6. The highest BCUT2D eigenvalue weighted by Gasteiger charge is 2.35. The molecule has 0 amide bonds. The highest BCUT2D eigenvalue weighted by molar-refractivity contribution is 6.33. The molecule has 3 rings (SSSR count). The Bertz CT molecular complexity index is 630. The Morgan fingerprint density at radius 1 is 1.35 bits per heavy atom. The van der Waals surface area contributed by atoms with Crippen LogP contribution in [-0.4, -0.2) is 41.4 Å². The Morgan fingerprint density at radius 2 is 2.09 bits per heavy atom. The summed E-state index contributed by atoms with van der Waals surface area (Å²) in [5.41, 5.74) is 2.34. The molecule has 2 aliphatic heterocycles. The van der Waals surface area contributed by atoms with Crippen molar-refractivity contribution >= 4 is 17.6 Å². The maximum Gasteiger partial charge on any atom is 0.303 e. The summed E-state index contributed by atoms with van der Waals surface area (Å²) < 4.78 is 11.6. The molecule has 0 aliphatic carbocycles. The first kappa shape index (κ1) is 16.4. The van der Waals surface area contributed by atoms with Crippen molar-refractivity contribution in [2.24, 2.45) is 0 Å². The van der Waals surface area contributed by atoms with Gasteiger partial charge in [-0.25, -0.2) is 0 Å². The second-order valence-electron chi connectivity index (χ2n) is 6.60. The van der Waals surface area contributed by atoms with E-state index in [-0.39, 0.29) is 6.42 Å². The fourth-order valence-corrected chi connectivity index (χ4v) is 3.58. The van der Waals surface area contributed by atoms with E-state index in [9.17, 15) is 4.79 Å². The van der Waals surface area contributed by atoms with Gasteiger partial charge in [-0.2, -0.15) is 0 Å². The number of rotatable bonds is 4. The zero-order valence-corrected chi connectivity index (χ0v) is 14.3. The van der Waals surface area contributed by atoms with Gasteiger partial charge in [0, 0.05) is 33.4 Å². The van der Waals surface area contributed by atoms with Crippen LogP contribution in [-0.2, 0) is 17.6 Å². The molecule has 2 heterocycles. The molecular formula is C17H22ClNO4. The van der Waals surface area contributed by atoms with Crippen molar-refractivity contribution in [2.75, 3.05) is 19.6 Å². The van der Waals surface area contributed by atoms with Crippen LogP contribution in [0.2, 0.25) is 5.02 Å². The smallest absolute Gasteiger partial charge is 0.303 e. The lowest BCUT2D eigenvalue weighted by Crippen LogP contribution is -2.29. The van der Waals surface area contributed by atoms with Gasteiger partial charge in [0.05, 0.1) is 5.02 Å². The van der Waals surface area contributed by atoms with Crippen molar-refractivity contribution in [3.05, 3.63) is 22.2 Å². The van der Waals surface area contributed by atoms with E-state index in [1.54, 1.807) is 0 Å². The Kier molecular flexibility index (Phi) is 4.43. The number of carbonyl (C=O) groups is 1. The third-order valence-electron chi connectivity index (χ3n) is 4.33. The Hall–Kier alpha value is -1.46. The Morgan fingerprint density at radius 3 is 2.83 bits per heavy atom. The number of benzene rings is 1. The average molecular weight is 340 g/mol. The molecule has 5 nitrogen and oxygen atoms in total. The predicted molar refractivity (Wildman–Crippen MR) is 87.5 cm³/mol. The fourth-order valence-electron chi connectivity index (χ4n) is 3.23. The van der Waals surface area contributed by atoms with Crippen LogP contribution >= 0.6 is 11.6 Å². The molecule has 0 unspecified atom stereocenters. The van der Waals surface area contributed by atoms with Gasteiger partial charge in [-0.1, -0.05) is 11.6 Å². The van der Waals surface area contributed by atoms with Gasteiger partial charge < -0.3 is 19.5 Å². The van der Waals surface area contributed by atoms with Crippen LogP contribution in [0.5, 0.6) is 11.5 Å². The van der Waals surface area contributed by atoms with Crippen molar-refractivity contribution in [1.82, 2.24) is 4.90 Å². The van der Waals surface area contributed by atoms with Crippen LogP contribution in [0.3, 0.4) is 0 Å². The molecule has 126 valence electrons. The lowest BCUT2D eigenvalue weighted by atomic mass is 10.0. The molecule has 23 heavy (non-hydrogen) atoms. The molecule has 0 bridgehead atoms. The average Bonchev–Trinajstić information content (AvgIpc) is 2.64. The van der Waals surface area contributed by atoms with Crippen molar-refractivity contribution in [3.8, 4) is 11.5 Å². The topological polar surface area (TPSA) is 59.0 Å². The molecule has 0 radical (unpaired) electrons. The van der Waals surface area contributed by atoms with Crippen LogP contribution in [0.25, 0.3) is 0 Å². The number of carboxylic acid groups (broad SMARTS) is 1. The van der Waals surface area contributed by atoms with Crippen molar-refractivity contribution in [2.45, 2.75) is 45.3 Å². The first-order chi connectivity index (χ1) is 10.9. The molecule has 0 fully saturated rings. The molecule has 0 aromatic heterocycles. The summed E-state index contributed by atoms with van der Waals surface area (Å²) in [4.78, 5) is 12.9. The standard InChI is InChI=1S/C17H22ClNO4/c1-17(2)22-13-10-11-5-8-19(7-3-4-14(20)21)9-6-12(11)15(18)16(13)23-17/h10H,3-9H2,1-2H3,(H,20,21). The number of hydrogen-bond donors (Lipinski definition) is 1. The van der Waals surface area contributed by atoms with Gasteiger partial charge in [-0.3, -0.25) is 4.79 Å². The van der Waals surface area contributed by atoms with Crippen LogP contribution in [0.4, 0.5) is 0 Å². The van der Waals surface area contributed by atoms with Gasteiger partial charge in [0.2, 0.25) is 5.79 Å². The van der Waals surface area contributed by atoms with Crippen LogP contribution in [0.15, 0.2) is 6.07 Å². The highest BCUT2D eigenvalue weighted by atomic mass is 35.5. The van der Waals surface area contributed by atoms with E-state index < -0.39 is 11.8 Å². The first-order valence-corrected chi connectivity index (χ1v) is 8.40. The number of halogens is 1. The van der Waals surface area contributed by atoms with Crippen molar-refractivity contribution in [3.63, 3.8) is 0 Å². The monoisotopic (exact) mass is 339 g/mol. The van der Waals surface area contributed by atoms with E-state index in [1.165, 1.54) is 5.56 Å². The Labute approximate surface area is 141 Å². The molecule has 0 atom stereocenters. The quantitative estimate of drug-likeness (QED) is 0.913. The van der Waals surface area contributed by atoms with E-state index in [2.05, 4.69) is 4.90 Å². The minimum atomic E-state index is -0.737. The van der Waals surface area contributed by atoms with Gasteiger partial charge in [-0.15, -0.1) is 0 Å². The molecular weight excluding hydrogens is 318 g/mol. The summed E-state index contributed by atoms with van der Waals surface area (Å²) in [5.74, 6) is -0.0400. The second kappa shape index (κ2) is 6.21. The Balaban J connectivity index is 1.72. The molecule has 1 aromatic carbocycles. The van der Waals surface area contributed by atoms with Crippen molar-refractivity contribution < 1.29 is 19.4 Å². The molecule has 1 aromatic rings. The van der Waals surface area contributed by atoms with Crippen LogP contribution in [0.1, 0.15) is 37.8 Å². The molecule has 0 spiro atoms. The second-order valence-corrected chi connectivity index (χ2v) is 6.98. The summed E-state index contributed by atoms with van der Waals surface area (Å²) in [6, 6.07) is 2.05. The zero-order chi connectivity index (χ0) is 16.6. The zero-order valence-electron chi connectivity index (χ0n) is 13.5. The lowest BCUT2D eigenvalue weighted by Gasteiger charge is -2.19. The summed E-state index contributed by atoms with van der Waals surface area (Å²) in [5, 5.41) is 9.41. The van der Waals surface area contributed by atoms with Crippen LogP contribution in [0, 0.1) is 0 Å². The van der Waals surface area contributed by atoms with E-state index in [4.69, 9.17) is 26.2 Å². The summed E-state index contributed by atoms with van der Waals surface area (Å²) in [7, 11) is 0. The number of nitrogens with zero attached hydrogens (tertiary/aromatic N) is 1. The van der Waals surface area contributed by atoms with Gasteiger partial charge >= 0.3 is 5.97 Å². The van der Waals surface area contributed by atoms with Gasteiger partial charge in [-0.05, 0) is 43.0 Å². The molecule has 0 saturated carbocycles. The van der Waals surface area contributed by atoms with E-state index in [0.29, 0.717) is 17.2 Å². The fraction of sp³-hybridized carbons (Fsp3) is 0.588. The van der Waals surface area contributed by atoms with E-state index >= 15 is 0 Å². The summed E-state index contributed by atoms with van der Waals surface area (Å²) >= 11 is 6.56. The largest absolute Gasteiger partial charge is 0.481 e. The number of aliphatic carboxylic acids is 1. The van der Waals surface area contributed by atoms with Crippen molar-refractivity contribution in [1.29, 1.82) is 0 Å².